The fourth-order valence-electron chi connectivity index (χ4n) is 3.07. The van der Waals surface area contributed by atoms with E-state index in [4.69, 9.17) is 14.2 Å². The molecule has 0 bridgehead atoms. The van der Waals surface area contributed by atoms with Crippen LogP contribution in [-0.4, -0.2) is 65.0 Å². The molecule has 0 aromatic heterocycles. The van der Waals surface area contributed by atoms with Gasteiger partial charge in [0.05, 0.1) is 26.4 Å². The monoisotopic (exact) mass is 367 g/mol. The first-order valence-electron chi connectivity index (χ1n) is 8.96. The van der Waals surface area contributed by atoms with Crippen molar-refractivity contribution in [2.24, 2.45) is 10.9 Å². The fraction of sp³-hybridized carbons (Fsp3) is 0.632. The first kappa shape index (κ1) is 20.6. The lowest BCUT2D eigenvalue weighted by atomic mass is 10.1. The van der Waals surface area contributed by atoms with E-state index in [2.05, 4.69) is 15.2 Å². The van der Waals surface area contributed by atoms with E-state index in [9.17, 15) is 4.39 Å². The van der Waals surface area contributed by atoms with Gasteiger partial charge < -0.3 is 24.4 Å². The summed E-state index contributed by atoms with van der Waals surface area (Å²) in [7, 11) is 5.02. The molecule has 1 atom stereocenters. The largest absolute Gasteiger partial charge is 0.382 e. The van der Waals surface area contributed by atoms with Crippen molar-refractivity contribution in [3.8, 4) is 0 Å². The predicted octanol–water partition coefficient (Wildman–Crippen LogP) is 2.03. The van der Waals surface area contributed by atoms with Gasteiger partial charge in [-0.3, -0.25) is 4.99 Å². The summed E-state index contributed by atoms with van der Waals surface area (Å²) in [5.41, 5.74) is 1.56. The molecular formula is C19H30FN3O3. The Hall–Kier alpha value is -1.70. The third-order valence-corrected chi connectivity index (χ3v) is 4.44. The molecule has 1 aromatic rings. The highest BCUT2D eigenvalue weighted by Crippen LogP contribution is 2.17. The summed E-state index contributed by atoms with van der Waals surface area (Å²) in [5, 5.41) is 3.37. The Bertz CT molecular complexity index is 583. The molecule has 1 N–H and O–H groups in total. The van der Waals surface area contributed by atoms with Crippen molar-refractivity contribution in [3.63, 3.8) is 0 Å². The maximum Gasteiger partial charge on any atom is 0.193 e. The number of halogens is 1. The Morgan fingerprint density at radius 1 is 1.31 bits per heavy atom. The van der Waals surface area contributed by atoms with E-state index in [1.165, 1.54) is 6.07 Å². The molecule has 1 fully saturated rings. The number of ether oxygens (including phenoxy) is 3. The van der Waals surface area contributed by atoms with Crippen LogP contribution in [0.25, 0.3) is 0 Å². The van der Waals surface area contributed by atoms with Crippen molar-refractivity contribution in [1.29, 1.82) is 0 Å². The van der Waals surface area contributed by atoms with Crippen LogP contribution in [0.5, 0.6) is 0 Å². The van der Waals surface area contributed by atoms with Crippen molar-refractivity contribution in [2.45, 2.75) is 19.6 Å². The first-order valence-corrected chi connectivity index (χ1v) is 8.96. The van der Waals surface area contributed by atoms with Gasteiger partial charge in [-0.2, -0.15) is 0 Å². The van der Waals surface area contributed by atoms with Crippen molar-refractivity contribution >= 4 is 5.96 Å². The lowest BCUT2D eigenvalue weighted by Crippen LogP contribution is -2.39. The standard InChI is InChI=1S/C19H30FN3O3/c1-21-19(23-7-6-16(12-23)13-26-9-8-24-2)22-11-15-4-5-18(20)17(10-15)14-25-3/h4-5,10,16H,6-9,11-14H2,1-3H3,(H,21,22). The number of rotatable bonds is 9. The molecule has 2 rings (SSSR count). The molecule has 1 aromatic carbocycles. The van der Waals surface area contributed by atoms with E-state index < -0.39 is 0 Å². The zero-order valence-corrected chi connectivity index (χ0v) is 16.0. The van der Waals surface area contributed by atoms with Crippen LogP contribution in [0.1, 0.15) is 17.5 Å². The topological polar surface area (TPSA) is 55.3 Å². The van der Waals surface area contributed by atoms with Crippen LogP contribution in [-0.2, 0) is 27.4 Å². The molecule has 1 aliphatic heterocycles. The number of hydrogen-bond donors (Lipinski definition) is 1. The predicted molar refractivity (Wildman–Crippen MR) is 99.7 cm³/mol. The van der Waals surface area contributed by atoms with E-state index >= 15 is 0 Å². The highest BCUT2D eigenvalue weighted by molar-refractivity contribution is 5.80. The fourth-order valence-corrected chi connectivity index (χ4v) is 3.07. The summed E-state index contributed by atoms with van der Waals surface area (Å²) in [5.74, 6) is 1.13. The molecule has 26 heavy (non-hydrogen) atoms. The molecule has 0 spiro atoms. The number of nitrogens with one attached hydrogen (secondary N) is 1. The molecule has 146 valence electrons. The number of benzene rings is 1. The minimum atomic E-state index is -0.240. The van der Waals surface area contributed by atoms with Crippen LogP contribution >= 0.6 is 0 Å². The Balaban J connectivity index is 1.82. The third kappa shape index (κ3) is 6.23. The average molecular weight is 367 g/mol. The molecule has 0 radical (unpaired) electrons. The molecule has 1 heterocycles. The van der Waals surface area contributed by atoms with Crippen LogP contribution < -0.4 is 5.32 Å². The highest BCUT2D eigenvalue weighted by atomic mass is 19.1. The number of methoxy groups -OCH3 is 2. The van der Waals surface area contributed by atoms with E-state index in [0.717, 1.165) is 37.6 Å². The van der Waals surface area contributed by atoms with Crippen molar-refractivity contribution < 1.29 is 18.6 Å². The minimum Gasteiger partial charge on any atom is -0.382 e. The second-order valence-corrected chi connectivity index (χ2v) is 6.43. The van der Waals surface area contributed by atoms with Crippen LogP contribution in [0.2, 0.25) is 0 Å². The van der Waals surface area contributed by atoms with Crippen molar-refractivity contribution in [1.82, 2.24) is 10.2 Å². The number of nitrogens with zero attached hydrogens (tertiary/aromatic N) is 2. The number of hydrogen-bond acceptors (Lipinski definition) is 4. The summed E-state index contributed by atoms with van der Waals surface area (Å²) in [4.78, 5) is 6.62. The number of aliphatic imine (C=N–C) groups is 1. The summed E-state index contributed by atoms with van der Waals surface area (Å²) in [6.07, 6.45) is 1.09. The van der Waals surface area contributed by atoms with E-state index in [-0.39, 0.29) is 12.4 Å². The first-order chi connectivity index (χ1) is 12.7. The SMILES string of the molecule is CN=C(NCc1ccc(F)c(COC)c1)N1CCC(COCCOC)C1. The molecule has 0 amide bonds. The average Bonchev–Trinajstić information content (AvgIpc) is 3.11. The highest BCUT2D eigenvalue weighted by Gasteiger charge is 2.24. The van der Waals surface area contributed by atoms with Crippen LogP contribution in [0, 0.1) is 11.7 Å². The lowest BCUT2D eigenvalue weighted by Gasteiger charge is -2.22. The van der Waals surface area contributed by atoms with Gasteiger partial charge in [0.1, 0.15) is 5.82 Å². The molecule has 1 unspecified atom stereocenters. The summed E-state index contributed by atoms with van der Waals surface area (Å²) in [6.45, 7) is 4.74. The van der Waals surface area contributed by atoms with Gasteiger partial charge in [0.2, 0.25) is 0 Å². The Morgan fingerprint density at radius 3 is 2.88 bits per heavy atom. The maximum absolute atomic E-state index is 13.7. The number of likely N-dealkylation sites (tertiary alicyclic amines) is 1. The van der Waals surface area contributed by atoms with Gasteiger partial charge in [-0.1, -0.05) is 6.07 Å². The molecule has 0 saturated carbocycles. The normalized spacial score (nSPS) is 17.8. The van der Waals surface area contributed by atoms with Crippen molar-refractivity contribution in [3.05, 3.63) is 35.1 Å². The van der Waals surface area contributed by atoms with Gasteiger partial charge >= 0.3 is 0 Å². The van der Waals surface area contributed by atoms with E-state index in [1.807, 2.05) is 6.07 Å². The maximum atomic E-state index is 13.7. The molecule has 0 aliphatic carbocycles. The van der Waals surface area contributed by atoms with E-state index in [0.29, 0.717) is 31.2 Å². The van der Waals surface area contributed by atoms with Crippen molar-refractivity contribution in [2.75, 3.05) is 54.2 Å². The molecule has 1 aliphatic rings. The number of guanidine groups is 1. The van der Waals surface area contributed by atoms with Crippen LogP contribution in [0.15, 0.2) is 23.2 Å². The molecule has 6 nitrogen and oxygen atoms in total. The Labute approximate surface area is 155 Å². The van der Waals surface area contributed by atoms with Crippen LogP contribution in [0.3, 0.4) is 0 Å². The van der Waals surface area contributed by atoms with Gasteiger partial charge in [-0.25, -0.2) is 4.39 Å². The second-order valence-electron chi connectivity index (χ2n) is 6.43. The Morgan fingerprint density at radius 2 is 2.15 bits per heavy atom. The quantitative estimate of drug-likeness (QED) is 0.411. The molecule has 1 saturated heterocycles. The van der Waals surface area contributed by atoms with Gasteiger partial charge in [0.15, 0.2) is 5.96 Å². The summed E-state index contributed by atoms with van der Waals surface area (Å²) < 4.78 is 29.4. The van der Waals surface area contributed by atoms with Gasteiger partial charge in [0, 0.05) is 52.4 Å². The van der Waals surface area contributed by atoms with E-state index in [1.54, 1.807) is 27.3 Å². The third-order valence-electron chi connectivity index (χ3n) is 4.44. The zero-order chi connectivity index (χ0) is 18.8. The van der Waals surface area contributed by atoms with Gasteiger partial charge in [-0.15, -0.1) is 0 Å². The Kier molecular flexibility index (Phi) is 8.80. The summed E-state index contributed by atoms with van der Waals surface area (Å²) >= 11 is 0. The van der Waals surface area contributed by atoms with Gasteiger partial charge in [0.25, 0.3) is 0 Å². The van der Waals surface area contributed by atoms with Crippen LogP contribution in [0.4, 0.5) is 4.39 Å². The lowest BCUT2D eigenvalue weighted by molar-refractivity contribution is 0.0536. The zero-order valence-electron chi connectivity index (χ0n) is 16.0. The minimum absolute atomic E-state index is 0.240. The molecular weight excluding hydrogens is 337 g/mol. The molecule has 7 heteroatoms. The summed E-state index contributed by atoms with van der Waals surface area (Å²) in [6, 6.07) is 5.10. The smallest absolute Gasteiger partial charge is 0.193 e. The van der Waals surface area contributed by atoms with Gasteiger partial charge in [-0.05, 0) is 24.1 Å². The second kappa shape index (κ2) is 11.1.